The van der Waals surface area contributed by atoms with E-state index in [0.717, 1.165) is 45.1 Å². The summed E-state index contributed by atoms with van der Waals surface area (Å²) in [6, 6.07) is 0.309. The molecule has 2 aliphatic rings. The van der Waals surface area contributed by atoms with E-state index in [1.807, 2.05) is 0 Å². The molecule has 98 valence electrons. The van der Waals surface area contributed by atoms with E-state index in [9.17, 15) is 9.90 Å². The first-order chi connectivity index (χ1) is 8.22. The van der Waals surface area contributed by atoms with Crippen LogP contribution in [0.15, 0.2) is 0 Å². The van der Waals surface area contributed by atoms with Crippen LogP contribution in [0.5, 0.6) is 0 Å². The van der Waals surface area contributed by atoms with Gasteiger partial charge in [-0.15, -0.1) is 0 Å². The van der Waals surface area contributed by atoms with Crippen LogP contribution in [-0.2, 0) is 4.79 Å². The standard InChI is InChI=1S/C13H23NO3/c15-9-10(16)8-14-7-3-5-12(14)11-4-1-2-6-13(11)17/h10-12,15-16H,1-9H2. The molecule has 1 saturated heterocycles. The number of carbonyl (C=O) groups is 1. The van der Waals surface area contributed by atoms with Crippen molar-refractivity contribution in [2.45, 2.75) is 50.7 Å². The number of hydrogen-bond acceptors (Lipinski definition) is 4. The van der Waals surface area contributed by atoms with Gasteiger partial charge in [-0.3, -0.25) is 9.69 Å². The Bertz CT molecular complexity index is 269. The largest absolute Gasteiger partial charge is 0.394 e. The maximum absolute atomic E-state index is 11.9. The van der Waals surface area contributed by atoms with Gasteiger partial charge in [0.2, 0.25) is 0 Å². The molecule has 4 nitrogen and oxygen atoms in total. The van der Waals surface area contributed by atoms with Gasteiger partial charge in [-0.25, -0.2) is 0 Å². The minimum Gasteiger partial charge on any atom is -0.394 e. The van der Waals surface area contributed by atoms with Gasteiger partial charge in [0.05, 0.1) is 12.7 Å². The van der Waals surface area contributed by atoms with Crippen molar-refractivity contribution in [3.8, 4) is 0 Å². The molecule has 2 rings (SSSR count). The van der Waals surface area contributed by atoms with E-state index >= 15 is 0 Å². The first-order valence-electron chi connectivity index (χ1n) is 6.78. The summed E-state index contributed by atoms with van der Waals surface area (Å²) in [4.78, 5) is 14.1. The number of nitrogens with zero attached hydrogens (tertiary/aromatic N) is 1. The van der Waals surface area contributed by atoms with Crippen molar-refractivity contribution >= 4 is 5.78 Å². The molecule has 3 atom stereocenters. The molecule has 0 aromatic rings. The molecular weight excluding hydrogens is 218 g/mol. The first kappa shape index (κ1) is 13.0. The number of aliphatic hydroxyl groups excluding tert-OH is 2. The fourth-order valence-electron chi connectivity index (χ4n) is 3.28. The molecule has 0 aromatic carbocycles. The number of aliphatic hydroxyl groups is 2. The molecule has 0 aromatic heterocycles. The van der Waals surface area contributed by atoms with E-state index in [-0.39, 0.29) is 12.5 Å². The Kier molecular flexibility index (Phi) is 4.54. The zero-order chi connectivity index (χ0) is 12.3. The van der Waals surface area contributed by atoms with Crippen LogP contribution >= 0.6 is 0 Å². The molecule has 1 aliphatic heterocycles. The van der Waals surface area contributed by atoms with Gasteiger partial charge in [-0.1, -0.05) is 6.42 Å². The summed E-state index contributed by atoms with van der Waals surface area (Å²) in [6.07, 6.45) is 5.44. The Morgan fingerprint density at radius 1 is 1.29 bits per heavy atom. The summed E-state index contributed by atoms with van der Waals surface area (Å²) < 4.78 is 0. The van der Waals surface area contributed by atoms with Crippen LogP contribution in [0.2, 0.25) is 0 Å². The Balaban J connectivity index is 1.95. The van der Waals surface area contributed by atoms with Crippen LogP contribution in [0.4, 0.5) is 0 Å². The summed E-state index contributed by atoms with van der Waals surface area (Å²) in [5.41, 5.74) is 0. The topological polar surface area (TPSA) is 60.8 Å². The number of ketones is 1. The number of hydrogen-bond donors (Lipinski definition) is 2. The van der Waals surface area contributed by atoms with E-state index in [0.29, 0.717) is 18.4 Å². The van der Waals surface area contributed by atoms with Gasteiger partial charge >= 0.3 is 0 Å². The monoisotopic (exact) mass is 241 g/mol. The predicted octanol–water partition coefficient (Wildman–Crippen LogP) is 0.563. The van der Waals surface area contributed by atoms with Gasteiger partial charge in [0.25, 0.3) is 0 Å². The summed E-state index contributed by atoms with van der Waals surface area (Å²) >= 11 is 0. The van der Waals surface area contributed by atoms with Crippen LogP contribution in [0, 0.1) is 5.92 Å². The van der Waals surface area contributed by atoms with Crippen LogP contribution in [0.3, 0.4) is 0 Å². The Labute approximate surface area is 103 Å². The minimum absolute atomic E-state index is 0.178. The SMILES string of the molecule is O=C1CCCCC1C1CCCN1CC(O)CO. The van der Waals surface area contributed by atoms with Crippen molar-refractivity contribution in [3.05, 3.63) is 0 Å². The molecule has 1 saturated carbocycles. The van der Waals surface area contributed by atoms with Crippen LogP contribution in [0.25, 0.3) is 0 Å². The van der Waals surface area contributed by atoms with Crippen molar-refractivity contribution in [1.29, 1.82) is 0 Å². The van der Waals surface area contributed by atoms with E-state index < -0.39 is 6.10 Å². The first-order valence-corrected chi connectivity index (χ1v) is 6.78. The molecule has 2 N–H and O–H groups in total. The number of rotatable bonds is 4. The van der Waals surface area contributed by atoms with Crippen molar-refractivity contribution in [2.75, 3.05) is 19.7 Å². The zero-order valence-electron chi connectivity index (χ0n) is 10.3. The highest BCUT2D eigenvalue weighted by Gasteiger charge is 2.37. The fraction of sp³-hybridized carbons (Fsp3) is 0.923. The van der Waals surface area contributed by atoms with Gasteiger partial charge in [-0.2, -0.15) is 0 Å². The molecule has 0 amide bonds. The highest BCUT2D eigenvalue weighted by molar-refractivity contribution is 5.82. The predicted molar refractivity (Wildman–Crippen MR) is 64.7 cm³/mol. The lowest BCUT2D eigenvalue weighted by Gasteiger charge is -2.33. The molecular formula is C13H23NO3. The van der Waals surface area contributed by atoms with Gasteiger partial charge in [-0.05, 0) is 32.2 Å². The van der Waals surface area contributed by atoms with Crippen molar-refractivity contribution in [3.63, 3.8) is 0 Å². The molecule has 3 unspecified atom stereocenters. The maximum Gasteiger partial charge on any atom is 0.137 e. The Hall–Kier alpha value is -0.450. The summed E-state index contributed by atoms with van der Waals surface area (Å²) in [5, 5.41) is 18.4. The van der Waals surface area contributed by atoms with Crippen molar-refractivity contribution in [2.24, 2.45) is 5.92 Å². The third-order valence-corrected chi connectivity index (χ3v) is 4.14. The van der Waals surface area contributed by atoms with Gasteiger partial charge in [0.15, 0.2) is 0 Å². The fourth-order valence-corrected chi connectivity index (χ4v) is 3.28. The molecule has 0 spiro atoms. The third-order valence-electron chi connectivity index (χ3n) is 4.14. The molecule has 4 heteroatoms. The quantitative estimate of drug-likeness (QED) is 0.755. The van der Waals surface area contributed by atoms with Crippen LogP contribution < -0.4 is 0 Å². The highest BCUT2D eigenvalue weighted by Crippen LogP contribution is 2.32. The molecule has 1 heterocycles. The molecule has 17 heavy (non-hydrogen) atoms. The second-order valence-corrected chi connectivity index (χ2v) is 5.36. The third kappa shape index (κ3) is 3.06. The lowest BCUT2D eigenvalue weighted by molar-refractivity contribution is -0.126. The molecule has 0 bridgehead atoms. The second-order valence-electron chi connectivity index (χ2n) is 5.36. The van der Waals surface area contributed by atoms with Crippen LogP contribution in [-0.4, -0.2) is 52.7 Å². The van der Waals surface area contributed by atoms with E-state index in [2.05, 4.69) is 4.90 Å². The summed E-state index contributed by atoms with van der Waals surface area (Å²) in [5.74, 6) is 0.587. The molecule has 0 radical (unpaired) electrons. The summed E-state index contributed by atoms with van der Waals surface area (Å²) in [7, 11) is 0. The van der Waals surface area contributed by atoms with E-state index in [1.54, 1.807) is 0 Å². The average molecular weight is 241 g/mol. The highest BCUT2D eigenvalue weighted by atomic mass is 16.3. The molecule has 1 aliphatic carbocycles. The smallest absolute Gasteiger partial charge is 0.137 e. The van der Waals surface area contributed by atoms with E-state index in [1.165, 1.54) is 0 Å². The number of carbonyl (C=O) groups excluding carboxylic acids is 1. The van der Waals surface area contributed by atoms with Gasteiger partial charge in [0, 0.05) is 24.9 Å². The average Bonchev–Trinajstić information content (AvgIpc) is 2.77. The van der Waals surface area contributed by atoms with Crippen molar-refractivity contribution in [1.82, 2.24) is 4.90 Å². The zero-order valence-corrected chi connectivity index (χ0v) is 10.3. The Morgan fingerprint density at radius 3 is 2.82 bits per heavy atom. The van der Waals surface area contributed by atoms with Crippen molar-refractivity contribution < 1.29 is 15.0 Å². The summed E-state index contributed by atoms with van der Waals surface area (Å²) in [6.45, 7) is 1.26. The normalized spacial score (nSPS) is 32.9. The lowest BCUT2D eigenvalue weighted by atomic mass is 9.82. The Morgan fingerprint density at radius 2 is 2.12 bits per heavy atom. The maximum atomic E-state index is 11.9. The van der Waals surface area contributed by atoms with Gasteiger partial charge < -0.3 is 10.2 Å². The second kappa shape index (κ2) is 5.94. The number of likely N-dealkylation sites (tertiary alicyclic amines) is 1. The van der Waals surface area contributed by atoms with Crippen LogP contribution in [0.1, 0.15) is 38.5 Å². The molecule has 2 fully saturated rings. The minimum atomic E-state index is -0.672. The number of Topliss-reactive ketones (excluding diaryl/α,β-unsaturated/α-hetero) is 1. The number of β-amino-alcohol motifs (C(OH)–C–C–N with tert-alkyl or cyclic N) is 1. The lowest BCUT2D eigenvalue weighted by Crippen LogP contribution is -2.44. The van der Waals surface area contributed by atoms with E-state index in [4.69, 9.17) is 5.11 Å². The van der Waals surface area contributed by atoms with Gasteiger partial charge in [0.1, 0.15) is 5.78 Å².